The third-order valence-electron chi connectivity index (χ3n) is 3.20. The van der Waals surface area contributed by atoms with E-state index < -0.39 is 22.0 Å². The molecule has 0 aliphatic carbocycles. The molecular formula is C12H14ClNO4S. The third kappa shape index (κ3) is 3.08. The Labute approximate surface area is 116 Å². The van der Waals surface area contributed by atoms with Crippen LogP contribution >= 0.6 is 11.6 Å². The molecule has 1 heterocycles. The zero-order chi connectivity index (χ0) is 14.2. The number of nitrogens with zero attached hydrogens (tertiary/aromatic N) is 1. The largest absolute Gasteiger partial charge is 0.390 e. The van der Waals surface area contributed by atoms with Crippen molar-refractivity contribution in [2.24, 2.45) is 0 Å². The number of rotatable bonds is 2. The number of hydrogen-bond donors (Lipinski definition) is 1. The molecule has 104 valence electrons. The summed E-state index contributed by atoms with van der Waals surface area (Å²) in [4.78, 5) is 13.5. The average Bonchev–Trinajstić information content (AvgIpc) is 2.62. The van der Waals surface area contributed by atoms with Crippen LogP contribution in [0, 0.1) is 0 Å². The Kier molecular flexibility index (Phi) is 3.85. The highest BCUT2D eigenvalue weighted by Crippen LogP contribution is 2.20. The molecule has 19 heavy (non-hydrogen) atoms. The molecule has 1 aromatic carbocycles. The van der Waals surface area contributed by atoms with Crippen LogP contribution in [0.3, 0.4) is 0 Å². The second-order valence-electron chi connectivity index (χ2n) is 4.63. The molecule has 1 N–H and O–H groups in total. The monoisotopic (exact) mass is 303 g/mol. The summed E-state index contributed by atoms with van der Waals surface area (Å²) < 4.78 is 22.9. The molecule has 1 aliphatic heterocycles. The zero-order valence-electron chi connectivity index (χ0n) is 10.3. The molecule has 5 nitrogen and oxygen atoms in total. The maximum Gasteiger partial charge on any atom is 0.253 e. The van der Waals surface area contributed by atoms with Crippen LogP contribution in [0.4, 0.5) is 0 Å². The SMILES string of the molecule is CN(C(=O)c1ccc(Cl)cc1)C1CS(=O)(=O)CC1O. The van der Waals surface area contributed by atoms with Crippen molar-refractivity contribution in [3.63, 3.8) is 0 Å². The topological polar surface area (TPSA) is 74.7 Å². The first-order chi connectivity index (χ1) is 8.80. The van der Waals surface area contributed by atoms with Crippen molar-refractivity contribution in [2.45, 2.75) is 12.1 Å². The van der Waals surface area contributed by atoms with Crippen LogP contribution in [-0.2, 0) is 9.84 Å². The Morgan fingerprint density at radius 2 is 1.89 bits per heavy atom. The van der Waals surface area contributed by atoms with Crippen LogP contribution in [0.5, 0.6) is 0 Å². The fourth-order valence-electron chi connectivity index (χ4n) is 2.13. The van der Waals surface area contributed by atoms with Gasteiger partial charge in [-0.25, -0.2) is 8.42 Å². The smallest absolute Gasteiger partial charge is 0.253 e. The molecule has 7 heteroatoms. The van der Waals surface area contributed by atoms with E-state index in [1.165, 1.54) is 11.9 Å². The predicted octanol–water partition coefficient (Wildman–Crippen LogP) is 0.570. The number of hydrogen-bond acceptors (Lipinski definition) is 4. The standard InChI is InChI=1S/C12H14ClNO4S/c1-14(10-6-19(17,18)7-11(10)15)12(16)8-2-4-9(13)5-3-8/h2-5,10-11,15H,6-7H2,1H3. The number of likely N-dealkylation sites (N-methyl/N-ethyl adjacent to an activating group) is 1. The third-order valence-corrected chi connectivity index (χ3v) is 5.15. The van der Waals surface area contributed by atoms with Gasteiger partial charge in [0.25, 0.3) is 5.91 Å². The molecule has 1 amide bonds. The molecule has 1 saturated heterocycles. The summed E-state index contributed by atoms with van der Waals surface area (Å²) in [6.45, 7) is 0. The molecule has 2 unspecified atom stereocenters. The van der Waals surface area contributed by atoms with Gasteiger partial charge in [-0.2, -0.15) is 0 Å². The summed E-state index contributed by atoms with van der Waals surface area (Å²) in [6.07, 6.45) is -1.04. The lowest BCUT2D eigenvalue weighted by molar-refractivity contribution is 0.0581. The van der Waals surface area contributed by atoms with E-state index in [2.05, 4.69) is 0 Å². The molecule has 1 fully saturated rings. The molecule has 0 spiro atoms. The van der Waals surface area contributed by atoms with Crippen molar-refractivity contribution in [3.05, 3.63) is 34.9 Å². The molecule has 2 rings (SSSR count). The van der Waals surface area contributed by atoms with Gasteiger partial charge in [-0.1, -0.05) is 11.6 Å². The van der Waals surface area contributed by atoms with Crippen LogP contribution in [0.25, 0.3) is 0 Å². The Bertz CT molecular complexity index is 584. The van der Waals surface area contributed by atoms with Crippen LogP contribution in [0.2, 0.25) is 5.02 Å². The Hall–Kier alpha value is -1.11. The van der Waals surface area contributed by atoms with Gasteiger partial charge in [0.15, 0.2) is 9.84 Å². The van der Waals surface area contributed by atoms with Gasteiger partial charge in [-0.05, 0) is 24.3 Å². The van der Waals surface area contributed by atoms with Crippen LogP contribution in [0.15, 0.2) is 24.3 Å². The van der Waals surface area contributed by atoms with E-state index in [1.807, 2.05) is 0 Å². The molecule has 1 aromatic rings. The molecule has 0 saturated carbocycles. The van der Waals surface area contributed by atoms with E-state index in [9.17, 15) is 18.3 Å². The normalized spacial score (nSPS) is 25.2. The quantitative estimate of drug-likeness (QED) is 0.867. The number of halogens is 1. The van der Waals surface area contributed by atoms with Crippen molar-refractivity contribution >= 4 is 27.3 Å². The molecule has 1 aliphatic rings. The number of carbonyl (C=O) groups is 1. The first kappa shape index (κ1) is 14.3. The van der Waals surface area contributed by atoms with Gasteiger partial charge in [0.05, 0.1) is 23.7 Å². The minimum atomic E-state index is -3.28. The summed E-state index contributed by atoms with van der Waals surface area (Å²) in [7, 11) is -1.79. The summed E-state index contributed by atoms with van der Waals surface area (Å²) in [5.74, 6) is -0.835. The number of benzene rings is 1. The van der Waals surface area contributed by atoms with E-state index in [4.69, 9.17) is 11.6 Å². The van der Waals surface area contributed by atoms with Crippen molar-refractivity contribution in [2.75, 3.05) is 18.6 Å². The number of carbonyl (C=O) groups excluding carboxylic acids is 1. The number of amides is 1. The van der Waals surface area contributed by atoms with Crippen molar-refractivity contribution in [3.8, 4) is 0 Å². The number of aliphatic hydroxyl groups excluding tert-OH is 1. The maximum absolute atomic E-state index is 12.2. The fraction of sp³-hybridized carbons (Fsp3) is 0.417. The molecule has 0 bridgehead atoms. The highest BCUT2D eigenvalue weighted by atomic mass is 35.5. The highest BCUT2D eigenvalue weighted by molar-refractivity contribution is 7.91. The highest BCUT2D eigenvalue weighted by Gasteiger charge is 2.40. The molecular weight excluding hydrogens is 290 g/mol. The second-order valence-corrected chi connectivity index (χ2v) is 7.22. The van der Waals surface area contributed by atoms with Crippen molar-refractivity contribution in [1.82, 2.24) is 4.90 Å². The lowest BCUT2D eigenvalue weighted by Gasteiger charge is -2.26. The van der Waals surface area contributed by atoms with Crippen LogP contribution < -0.4 is 0 Å². The van der Waals surface area contributed by atoms with E-state index in [0.717, 1.165) is 0 Å². The minimum absolute atomic E-state index is 0.204. The van der Waals surface area contributed by atoms with Crippen molar-refractivity contribution < 1.29 is 18.3 Å². The Balaban J connectivity index is 2.18. The molecule has 0 radical (unpaired) electrons. The van der Waals surface area contributed by atoms with Gasteiger partial charge in [-0.15, -0.1) is 0 Å². The van der Waals surface area contributed by atoms with Crippen LogP contribution in [-0.4, -0.2) is 55.0 Å². The minimum Gasteiger partial charge on any atom is -0.390 e. The van der Waals surface area contributed by atoms with E-state index in [1.54, 1.807) is 24.3 Å². The second kappa shape index (κ2) is 5.11. The summed E-state index contributed by atoms with van der Waals surface area (Å²) in [6, 6.07) is 5.61. The van der Waals surface area contributed by atoms with Gasteiger partial charge in [0.2, 0.25) is 0 Å². The van der Waals surface area contributed by atoms with E-state index in [0.29, 0.717) is 10.6 Å². The molecule has 2 atom stereocenters. The van der Waals surface area contributed by atoms with E-state index in [-0.39, 0.29) is 17.4 Å². The van der Waals surface area contributed by atoms with E-state index >= 15 is 0 Å². The first-order valence-electron chi connectivity index (χ1n) is 5.71. The van der Waals surface area contributed by atoms with Crippen molar-refractivity contribution in [1.29, 1.82) is 0 Å². The Morgan fingerprint density at radius 1 is 1.32 bits per heavy atom. The zero-order valence-corrected chi connectivity index (χ0v) is 11.9. The average molecular weight is 304 g/mol. The predicted molar refractivity (Wildman–Crippen MR) is 72.0 cm³/mol. The molecule has 0 aromatic heterocycles. The van der Waals surface area contributed by atoms with Crippen LogP contribution in [0.1, 0.15) is 10.4 Å². The summed E-state index contributed by atoms with van der Waals surface area (Å²) in [5.41, 5.74) is 0.406. The van der Waals surface area contributed by atoms with Gasteiger partial charge in [-0.3, -0.25) is 4.79 Å². The Morgan fingerprint density at radius 3 is 2.37 bits per heavy atom. The maximum atomic E-state index is 12.2. The van der Waals surface area contributed by atoms with Gasteiger partial charge in [0, 0.05) is 17.6 Å². The lowest BCUT2D eigenvalue weighted by atomic mass is 10.1. The summed E-state index contributed by atoms with van der Waals surface area (Å²) >= 11 is 5.74. The number of sulfone groups is 1. The summed E-state index contributed by atoms with van der Waals surface area (Å²) in [5, 5.41) is 10.3. The van der Waals surface area contributed by atoms with Gasteiger partial charge in [0.1, 0.15) is 0 Å². The fourth-order valence-corrected chi connectivity index (χ4v) is 4.10. The number of aliphatic hydroxyl groups is 1. The lowest BCUT2D eigenvalue weighted by Crippen LogP contribution is -2.44. The van der Waals surface area contributed by atoms with Gasteiger partial charge < -0.3 is 10.0 Å². The first-order valence-corrected chi connectivity index (χ1v) is 7.91. The van der Waals surface area contributed by atoms with Gasteiger partial charge >= 0.3 is 0 Å².